The summed E-state index contributed by atoms with van der Waals surface area (Å²) >= 11 is 0. The van der Waals surface area contributed by atoms with Gasteiger partial charge in [-0.25, -0.2) is 0 Å². The highest BCUT2D eigenvalue weighted by atomic mass is 16.7. The fourth-order valence-corrected chi connectivity index (χ4v) is 2.64. The Bertz CT molecular complexity index is 280. The van der Waals surface area contributed by atoms with E-state index in [0.717, 1.165) is 32.3 Å². The van der Waals surface area contributed by atoms with E-state index in [4.69, 9.17) is 9.47 Å². The Balaban J connectivity index is 0.000000396. The molecule has 0 aliphatic heterocycles. The zero-order valence-electron chi connectivity index (χ0n) is 13.9. The highest BCUT2D eigenvalue weighted by molar-refractivity contribution is 5.49. The first-order valence-corrected chi connectivity index (χ1v) is 7.80. The first-order chi connectivity index (χ1) is 9.47. The molecule has 0 saturated heterocycles. The minimum Gasteiger partial charge on any atom is -0.353 e. The first kappa shape index (κ1) is 19.3. The molecule has 3 heteroatoms. The topological polar surface area (TPSA) is 35.5 Å². The lowest BCUT2D eigenvalue weighted by Gasteiger charge is -2.32. The molecule has 0 aromatic carbocycles. The van der Waals surface area contributed by atoms with Gasteiger partial charge in [-0.1, -0.05) is 18.6 Å². The number of hydrogen-bond donors (Lipinski definition) is 0. The standard InChI is InChI=1S/C11H18O.C6H14O2/c1-10-5-3-6-11(2,9-10)7-4-8-12;1-4-7-6(3)8-5-2/h5,8H,3-4,6-7,9H2,1-2H3;6H,4-5H2,1-3H3. The van der Waals surface area contributed by atoms with Gasteiger partial charge in [0.05, 0.1) is 0 Å². The number of hydrogen-bond acceptors (Lipinski definition) is 3. The molecule has 20 heavy (non-hydrogen) atoms. The number of ether oxygens (including phenoxy) is 2. The molecule has 1 atom stereocenters. The normalized spacial score (nSPS) is 22.0. The average molecular weight is 284 g/mol. The Morgan fingerprint density at radius 1 is 1.35 bits per heavy atom. The van der Waals surface area contributed by atoms with Crippen molar-refractivity contribution in [1.29, 1.82) is 0 Å². The van der Waals surface area contributed by atoms with Gasteiger partial charge < -0.3 is 14.3 Å². The second-order valence-electron chi connectivity index (χ2n) is 5.76. The highest BCUT2D eigenvalue weighted by Crippen LogP contribution is 2.39. The lowest BCUT2D eigenvalue weighted by molar-refractivity contribution is -0.123. The van der Waals surface area contributed by atoms with Gasteiger partial charge in [0.25, 0.3) is 0 Å². The van der Waals surface area contributed by atoms with Crippen LogP contribution in [0.15, 0.2) is 11.6 Å². The molecule has 1 rings (SSSR count). The molecule has 1 unspecified atom stereocenters. The van der Waals surface area contributed by atoms with Gasteiger partial charge in [-0.05, 0) is 58.8 Å². The van der Waals surface area contributed by atoms with Crippen molar-refractivity contribution < 1.29 is 14.3 Å². The first-order valence-electron chi connectivity index (χ1n) is 7.80. The van der Waals surface area contributed by atoms with Crippen molar-refractivity contribution in [2.24, 2.45) is 5.41 Å². The third-order valence-electron chi connectivity index (χ3n) is 3.61. The molecule has 0 radical (unpaired) electrons. The number of allylic oxidation sites excluding steroid dienone is 2. The molecule has 0 saturated carbocycles. The van der Waals surface area contributed by atoms with E-state index in [1.807, 2.05) is 20.8 Å². The van der Waals surface area contributed by atoms with Crippen molar-refractivity contribution >= 4 is 6.29 Å². The van der Waals surface area contributed by atoms with E-state index in [2.05, 4.69) is 19.9 Å². The Kier molecular flexibility index (Phi) is 10.7. The van der Waals surface area contributed by atoms with Crippen LogP contribution in [0.3, 0.4) is 0 Å². The summed E-state index contributed by atoms with van der Waals surface area (Å²) in [4.78, 5) is 10.3. The molecule has 118 valence electrons. The maximum atomic E-state index is 10.3. The Morgan fingerprint density at radius 2 is 1.95 bits per heavy atom. The Morgan fingerprint density at radius 3 is 2.40 bits per heavy atom. The van der Waals surface area contributed by atoms with Crippen molar-refractivity contribution in [2.45, 2.75) is 73.0 Å². The summed E-state index contributed by atoms with van der Waals surface area (Å²) in [5, 5.41) is 0. The molecule has 0 N–H and O–H groups in total. The molecule has 0 aromatic heterocycles. The van der Waals surface area contributed by atoms with Crippen LogP contribution in [0.2, 0.25) is 0 Å². The van der Waals surface area contributed by atoms with E-state index in [0.29, 0.717) is 5.41 Å². The van der Waals surface area contributed by atoms with Crippen LogP contribution in [0, 0.1) is 5.41 Å². The molecule has 1 aliphatic carbocycles. The summed E-state index contributed by atoms with van der Waals surface area (Å²) in [5.74, 6) is 0. The van der Waals surface area contributed by atoms with Crippen molar-refractivity contribution in [2.75, 3.05) is 13.2 Å². The Labute approximate surface area is 124 Å². The van der Waals surface area contributed by atoms with Crippen molar-refractivity contribution in [3.05, 3.63) is 11.6 Å². The quantitative estimate of drug-likeness (QED) is 0.392. The number of rotatable bonds is 7. The Hall–Kier alpha value is -0.670. The summed E-state index contributed by atoms with van der Waals surface area (Å²) in [6.45, 7) is 11.7. The second kappa shape index (κ2) is 11.0. The van der Waals surface area contributed by atoms with E-state index in [1.54, 1.807) is 0 Å². The average Bonchev–Trinajstić information content (AvgIpc) is 2.38. The third-order valence-corrected chi connectivity index (χ3v) is 3.61. The van der Waals surface area contributed by atoms with Crippen LogP contribution < -0.4 is 0 Å². The summed E-state index contributed by atoms with van der Waals surface area (Å²) in [7, 11) is 0. The fraction of sp³-hybridized carbons (Fsp3) is 0.824. The summed E-state index contributed by atoms with van der Waals surface area (Å²) in [6, 6.07) is 0. The SMILES string of the molecule is CC1=CCCC(C)(CCC=O)C1.CCOC(C)OCC. The molecular weight excluding hydrogens is 252 g/mol. The van der Waals surface area contributed by atoms with Gasteiger partial charge in [0.15, 0.2) is 6.29 Å². The fourth-order valence-electron chi connectivity index (χ4n) is 2.64. The van der Waals surface area contributed by atoms with Gasteiger partial charge in [0, 0.05) is 19.6 Å². The summed E-state index contributed by atoms with van der Waals surface area (Å²) in [6.07, 6.45) is 8.73. The van der Waals surface area contributed by atoms with E-state index in [9.17, 15) is 4.79 Å². The zero-order chi connectivity index (χ0) is 15.4. The van der Waals surface area contributed by atoms with E-state index in [1.165, 1.54) is 24.8 Å². The maximum Gasteiger partial charge on any atom is 0.154 e. The van der Waals surface area contributed by atoms with Crippen LogP contribution >= 0.6 is 0 Å². The maximum absolute atomic E-state index is 10.3. The molecule has 0 aromatic rings. The number of carbonyl (C=O) groups is 1. The molecule has 0 bridgehead atoms. The van der Waals surface area contributed by atoms with Gasteiger partial charge in [-0.3, -0.25) is 0 Å². The van der Waals surface area contributed by atoms with Crippen LogP contribution in [0.25, 0.3) is 0 Å². The lowest BCUT2D eigenvalue weighted by Crippen LogP contribution is -2.19. The van der Waals surface area contributed by atoms with Crippen LogP contribution in [-0.2, 0) is 14.3 Å². The van der Waals surface area contributed by atoms with Gasteiger partial charge in [0.1, 0.15) is 6.29 Å². The minimum atomic E-state index is -0.0370. The highest BCUT2D eigenvalue weighted by Gasteiger charge is 2.25. The van der Waals surface area contributed by atoms with Gasteiger partial charge in [0.2, 0.25) is 0 Å². The molecule has 0 amide bonds. The van der Waals surface area contributed by atoms with E-state index >= 15 is 0 Å². The molecule has 0 spiro atoms. The molecule has 0 fully saturated rings. The molecule has 0 heterocycles. The summed E-state index contributed by atoms with van der Waals surface area (Å²) in [5.41, 5.74) is 1.90. The van der Waals surface area contributed by atoms with Crippen LogP contribution in [0.1, 0.15) is 66.7 Å². The predicted octanol–water partition coefficient (Wildman–Crippen LogP) is 4.51. The zero-order valence-corrected chi connectivity index (χ0v) is 13.9. The number of carbonyl (C=O) groups excluding carboxylic acids is 1. The second-order valence-corrected chi connectivity index (χ2v) is 5.76. The van der Waals surface area contributed by atoms with Crippen LogP contribution in [0.4, 0.5) is 0 Å². The predicted molar refractivity (Wildman–Crippen MR) is 83.7 cm³/mol. The molecular formula is C17H32O3. The van der Waals surface area contributed by atoms with Gasteiger partial charge in [-0.15, -0.1) is 0 Å². The van der Waals surface area contributed by atoms with Crippen LogP contribution in [-0.4, -0.2) is 25.8 Å². The molecule has 1 aliphatic rings. The third kappa shape index (κ3) is 9.27. The minimum absolute atomic E-state index is 0.0370. The number of aldehydes is 1. The van der Waals surface area contributed by atoms with Crippen molar-refractivity contribution in [3.63, 3.8) is 0 Å². The van der Waals surface area contributed by atoms with E-state index < -0.39 is 0 Å². The smallest absolute Gasteiger partial charge is 0.154 e. The largest absolute Gasteiger partial charge is 0.353 e. The van der Waals surface area contributed by atoms with Crippen molar-refractivity contribution in [1.82, 2.24) is 0 Å². The van der Waals surface area contributed by atoms with Crippen molar-refractivity contribution in [3.8, 4) is 0 Å². The van der Waals surface area contributed by atoms with Gasteiger partial charge >= 0.3 is 0 Å². The summed E-state index contributed by atoms with van der Waals surface area (Å²) < 4.78 is 10.1. The monoisotopic (exact) mass is 284 g/mol. The molecule has 3 nitrogen and oxygen atoms in total. The lowest BCUT2D eigenvalue weighted by atomic mass is 9.73. The van der Waals surface area contributed by atoms with Gasteiger partial charge in [-0.2, -0.15) is 0 Å². The van der Waals surface area contributed by atoms with E-state index in [-0.39, 0.29) is 6.29 Å². The van der Waals surface area contributed by atoms with Crippen LogP contribution in [0.5, 0.6) is 0 Å².